The van der Waals surface area contributed by atoms with E-state index >= 15 is 0 Å². The third-order valence-electron chi connectivity index (χ3n) is 4.44. The largest absolute Gasteiger partial charge is 0.382 e. The van der Waals surface area contributed by atoms with Crippen molar-refractivity contribution in [2.45, 2.75) is 31.7 Å². The first kappa shape index (κ1) is 14.0. The summed E-state index contributed by atoms with van der Waals surface area (Å²) in [6, 6.07) is 18.3. The fraction of sp³-hybridized carbons (Fsp3) is 0.368. The number of rotatable bonds is 4. The van der Waals surface area contributed by atoms with E-state index in [4.69, 9.17) is 0 Å². The zero-order valence-corrected chi connectivity index (χ0v) is 13.1. The minimum Gasteiger partial charge on any atom is -0.382 e. The van der Waals surface area contributed by atoms with Crippen LogP contribution in [0.4, 0.5) is 11.4 Å². The average Bonchev–Trinajstić information content (AvgIpc) is 2.44. The van der Waals surface area contributed by atoms with E-state index in [0.717, 1.165) is 5.92 Å². The van der Waals surface area contributed by atoms with Crippen LogP contribution in [-0.2, 0) is 0 Å². The topological polar surface area (TPSA) is 15.3 Å². The van der Waals surface area contributed by atoms with Crippen molar-refractivity contribution in [3.8, 4) is 0 Å². The zero-order chi connectivity index (χ0) is 14.8. The summed E-state index contributed by atoms with van der Waals surface area (Å²) in [6.07, 6.45) is 2.47. The first-order valence-corrected chi connectivity index (χ1v) is 7.72. The van der Waals surface area contributed by atoms with Gasteiger partial charge in [-0.2, -0.15) is 0 Å². The third-order valence-corrected chi connectivity index (χ3v) is 4.44. The molecular weight excluding hydrogens is 256 g/mol. The van der Waals surface area contributed by atoms with Gasteiger partial charge in [0.2, 0.25) is 0 Å². The second-order valence-electron chi connectivity index (χ2n) is 6.36. The molecule has 2 aromatic carbocycles. The van der Waals surface area contributed by atoms with E-state index in [2.05, 4.69) is 79.8 Å². The van der Waals surface area contributed by atoms with Gasteiger partial charge in [0.1, 0.15) is 0 Å². The molecule has 0 heterocycles. The Morgan fingerprint density at radius 2 is 1.52 bits per heavy atom. The minimum atomic E-state index is 0.613. The van der Waals surface area contributed by atoms with Crippen molar-refractivity contribution in [2.24, 2.45) is 0 Å². The number of aryl methyl sites for hydroxylation is 1. The molecule has 1 saturated carbocycles. The van der Waals surface area contributed by atoms with Crippen LogP contribution in [0, 0.1) is 6.92 Å². The van der Waals surface area contributed by atoms with Gasteiger partial charge in [0.05, 0.1) is 0 Å². The molecule has 0 spiro atoms. The molecule has 0 atom stereocenters. The predicted octanol–water partition coefficient (Wildman–Crippen LogP) is 4.42. The van der Waals surface area contributed by atoms with Crippen molar-refractivity contribution < 1.29 is 0 Å². The van der Waals surface area contributed by atoms with E-state index in [-0.39, 0.29) is 0 Å². The molecule has 0 saturated heterocycles. The molecular formula is C19H24N2. The normalized spacial score (nSPS) is 20.7. The Morgan fingerprint density at radius 1 is 0.905 bits per heavy atom. The summed E-state index contributed by atoms with van der Waals surface area (Å²) < 4.78 is 0. The Hall–Kier alpha value is -1.96. The van der Waals surface area contributed by atoms with Crippen LogP contribution in [-0.4, -0.2) is 20.1 Å². The molecule has 0 aliphatic heterocycles. The lowest BCUT2D eigenvalue weighted by Gasteiger charge is -2.37. The number of nitrogens with zero attached hydrogens (tertiary/aromatic N) is 1. The van der Waals surface area contributed by atoms with Crippen LogP contribution in [0.1, 0.15) is 29.9 Å². The highest BCUT2D eigenvalue weighted by molar-refractivity contribution is 5.55. The maximum absolute atomic E-state index is 3.64. The van der Waals surface area contributed by atoms with Gasteiger partial charge in [-0.3, -0.25) is 0 Å². The molecule has 21 heavy (non-hydrogen) atoms. The Balaban J connectivity index is 1.53. The molecule has 1 aliphatic rings. The van der Waals surface area contributed by atoms with E-state index in [1.165, 1.54) is 35.3 Å². The SMILES string of the molecule is Cc1ccc(C2CC(Nc3ccc(N(C)C)cc3)C2)cc1. The summed E-state index contributed by atoms with van der Waals surface area (Å²) in [4.78, 5) is 2.13. The summed E-state index contributed by atoms with van der Waals surface area (Å²) in [5, 5.41) is 3.64. The summed E-state index contributed by atoms with van der Waals surface area (Å²) in [5.74, 6) is 0.726. The number of benzene rings is 2. The van der Waals surface area contributed by atoms with Gasteiger partial charge in [0.25, 0.3) is 0 Å². The van der Waals surface area contributed by atoms with Gasteiger partial charge in [-0.05, 0) is 55.5 Å². The maximum atomic E-state index is 3.64. The highest BCUT2D eigenvalue weighted by atomic mass is 15.1. The molecule has 3 rings (SSSR count). The van der Waals surface area contributed by atoms with Crippen LogP contribution in [0.25, 0.3) is 0 Å². The second kappa shape index (κ2) is 5.80. The highest BCUT2D eigenvalue weighted by Gasteiger charge is 2.29. The van der Waals surface area contributed by atoms with Crippen molar-refractivity contribution in [2.75, 3.05) is 24.3 Å². The monoisotopic (exact) mass is 280 g/mol. The van der Waals surface area contributed by atoms with Crippen LogP contribution >= 0.6 is 0 Å². The van der Waals surface area contributed by atoms with Crippen LogP contribution in [0.3, 0.4) is 0 Å². The second-order valence-corrected chi connectivity index (χ2v) is 6.36. The van der Waals surface area contributed by atoms with E-state index in [0.29, 0.717) is 6.04 Å². The number of nitrogens with one attached hydrogen (secondary N) is 1. The Kier molecular flexibility index (Phi) is 3.87. The number of anilines is 2. The van der Waals surface area contributed by atoms with E-state index < -0.39 is 0 Å². The molecule has 2 aromatic rings. The first-order chi connectivity index (χ1) is 10.1. The summed E-state index contributed by atoms with van der Waals surface area (Å²) >= 11 is 0. The maximum Gasteiger partial charge on any atom is 0.0362 e. The van der Waals surface area contributed by atoms with E-state index in [1.807, 2.05) is 0 Å². The van der Waals surface area contributed by atoms with Gasteiger partial charge in [0, 0.05) is 31.5 Å². The number of hydrogen-bond acceptors (Lipinski definition) is 2. The summed E-state index contributed by atoms with van der Waals surface area (Å²) in [7, 11) is 4.14. The fourth-order valence-corrected chi connectivity index (χ4v) is 2.94. The first-order valence-electron chi connectivity index (χ1n) is 7.72. The molecule has 0 radical (unpaired) electrons. The van der Waals surface area contributed by atoms with Crippen molar-refractivity contribution in [1.29, 1.82) is 0 Å². The van der Waals surface area contributed by atoms with Gasteiger partial charge < -0.3 is 10.2 Å². The van der Waals surface area contributed by atoms with Gasteiger partial charge in [-0.25, -0.2) is 0 Å². The molecule has 1 fully saturated rings. The van der Waals surface area contributed by atoms with Crippen molar-refractivity contribution in [3.63, 3.8) is 0 Å². The predicted molar refractivity (Wildman–Crippen MR) is 91.3 cm³/mol. The Morgan fingerprint density at radius 3 is 2.10 bits per heavy atom. The van der Waals surface area contributed by atoms with Gasteiger partial charge in [-0.1, -0.05) is 29.8 Å². The lowest BCUT2D eigenvalue weighted by Crippen LogP contribution is -2.33. The third kappa shape index (κ3) is 3.21. The molecule has 2 nitrogen and oxygen atoms in total. The van der Waals surface area contributed by atoms with Crippen LogP contribution in [0.15, 0.2) is 48.5 Å². The lowest BCUT2D eigenvalue weighted by atomic mass is 9.75. The fourth-order valence-electron chi connectivity index (χ4n) is 2.94. The van der Waals surface area contributed by atoms with E-state index in [9.17, 15) is 0 Å². The van der Waals surface area contributed by atoms with Crippen molar-refractivity contribution in [1.82, 2.24) is 0 Å². The zero-order valence-electron chi connectivity index (χ0n) is 13.1. The van der Waals surface area contributed by atoms with Crippen LogP contribution in [0.5, 0.6) is 0 Å². The molecule has 110 valence electrons. The summed E-state index contributed by atoms with van der Waals surface area (Å²) in [5.41, 5.74) is 5.30. The average molecular weight is 280 g/mol. The molecule has 0 amide bonds. The smallest absolute Gasteiger partial charge is 0.0362 e. The standard InChI is InChI=1S/C19H24N2/c1-14-4-6-15(7-5-14)16-12-18(13-16)20-17-8-10-19(11-9-17)21(2)3/h4-11,16,18,20H,12-13H2,1-3H3. The Bertz CT molecular complexity index is 578. The molecule has 1 N–H and O–H groups in total. The van der Waals surface area contributed by atoms with Crippen LogP contribution < -0.4 is 10.2 Å². The molecule has 0 bridgehead atoms. The van der Waals surface area contributed by atoms with Crippen LogP contribution in [0.2, 0.25) is 0 Å². The van der Waals surface area contributed by atoms with Gasteiger partial charge in [-0.15, -0.1) is 0 Å². The summed E-state index contributed by atoms with van der Waals surface area (Å²) in [6.45, 7) is 2.15. The lowest BCUT2D eigenvalue weighted by molar-refractivity contribution is 0.374. The number of hydrogen-bond donors (Lipinski definition) is 1. The Labute approximate surface area is 127 Å². The van der Waals surface area contributed by atoms with Crippen molar-refractivity contribution in [3.05, 3.63) is 59.7 Å². The molecule has 0 aromatic heterocycles. The van der Waals surface area contributed by atoms with Gasteiger partial charge >= 0.3 is 0 Å². The molecule has 1 aliphatic carbocycles. The highest BCUT2D eigenvalue weighted by Crippen LogP contribution is 2.38. The minimum absolute atomic E-state index is 0.613. The molecule has 0 unspecified atom stereocenters. The van der Waals surface area contributed by atoms with E-state index in [1.54, 1.807) is 0 Å². The van der Waals surface area contributed by atoms with Gasteiger partial charge in [0.15, 0.2) is 0 Å². The quantitative estimate of drug-likeness (QED) is 0.892. The van der Waals surface area contributed by atoms with Crippen molar-refractivity contribution >= 4 is 11.4 Å². The molecule has 2 heteroatoms.